The van der Waals surface area contributed by atoms with Crippen LogP contribution in [0.2, 0.25) is 0 Å². The van der Waals surface area contributed by atoms with Crippen molar-refractivity contribution in [3.63, 3.8) is 0 Å². The smallest absolute Gasteiger partial charge is 0.154 e. The molecule has 0 saturated carbocycles. The number of nitrogens with one attached hydrogen (secondary N) is 1. The number of hydrogen-bond acceptors (Lipinski definition) is 3. The standard InChI is InChI=1S/C15H23NO2S/c1-13(10-14-6-3-2-4-7-14)11-16-12-15-8-5-9-19(15,17)18/h2-4,6-7,13,15-16H,5,8-12H2,1H3/t13-,15+/m0/s1. The summed E-state index contributed by atoms with van der Waals surface area (Å²) in [6.07, 6.45) is 2.68. The highest BCUT2D eigenvalue weighted by Crippen LogP contribution is 2.19. The van der Waals surface area contributed by atoms with E-state index >= 15 is 0 Å². The largest absolute Gasteiger partial charge is 0.315 e. The van der Waals surface area contributed by atoms with E-state index in [9.17, 15) is 8.42 Å². The van der Waals surface area contributed by atoms with Gasteiger partial charge in [-0.3, -0.25) is 0 Å². The molecular weight excluding hydrogens is 258 g/mol. The Morgan fingerprint density at radius 3 is 2.68 bits per heavy atom. The lowest BCUT2D eigenvalue weighted by atomic mass is 10.0. The molecule has 1 aliphatic heterocycles. The summed E-state index contributed by atoms with van der Waals surface area (Å²) < 4.78 is 23.4. The van der Waals surface area contributed by atoms with Crippen LogP contribution >= 0.6 is 0 Å². The van der Waals surface area contributed by atoms with Gasteiger partial charge in [-0.15, -0.1) is 0 Å². The molecular formula is C15H23NO2S. The van der Waals surface area contributed by atoms with Crippen LogP contribution in [0.4, 0.5) is 0 Å². The molecule has 0 unspecified atom stereocenters. The average molecular weight is 281 g/mol. The minimum Gasteiger partial charge on any atom is -0.315 e. The van der Waals surface area contributed by atoms with Crippen molar-refractivity contribution >= 4 is 9.84 Å². The van der Waals surface area contributed by atoms with Crippen LogP contribution in [0, 0.1) is 5.92 Å². The fourth-order valence-electron chi connectivity index (χ4n) is 2.67. The number of hydrogen-bond donors (Lipinski definition) is 1. The van der Waals surface area contributed by atoms with Gasteiger partial charge < -0.3 is 5.32 Å². The summed E-state index contributed by atoms with van der Waals surface area (Å²) in [6.45, 7) is 3.69. The van der Waals surface area contributed by atoms with E-state index in [0.717, 1.165) is 25.8 Å². The van der Waals surface area contributed by atoms with E-state index in [0.29, 0.717) is 18.2 Å². The van der Waals surface area contributed by atoms with Crippen LogP contribution in [-0.2, 0) is 16.3 Å². The monoisotopic (exact) mass is 281 g/mol. The molecule has 0 spiro atoms. The van der Waals surface area contributed by atoms with Gasteiger partial charge in [0.15, 0.2) is 9.84 Å². The Bertz CT molecular complexity index is 484. The highest BCUT2D eigenvalue weighted by Gasteiger charge is 2.30. The van der Waals surface area contributed by atoms with E-state index in [1.165, 1.54) is 5.56 Å². The molecule has 0 amide bonds. The molecule has 1 N–H and O–H groups in total. The second-order valence-corrected chi connectivity index (χ2v) is 7.99. The molecule has 1 aliphatic rings. The van der Waals surface area contributed by atoms with Gasteiger partial charge >= 0.3 is 0 Å². The molecule has 19 heavy (non-hydrogen) atoms. The quantitative estimate of drug-likeness (QED) is 0.868. The van der Waals surface area contributed by atoms with E-state index in [-0.39, 0.29) is 5.25 Å². The van der Waals surface area contributed by atoms with E-state index in [1.54, 1.807) is 0 Å². The average Bonchev–Trinajstić information content (AvgIpc) is 2.70. The molecule has 1 fully saturated rings. The zero-order chi connectivity index (χ0) is 13.7. The van der Waals surface area contributed by atoms with Crippen LogP contribution in [0.3, 0.4) is 0 Å². The molecule has 2 rings (SSSR count). The second kappa shape index (κ2) is 6.53. The first-order valence-corrected chi connectivity index (χ1v) is 8.75. The maximum absolute atomic E-state index is 11.7. The molecule has 106 valence electrons. The van der Waals surface area contributed by atoms with Crippen molar-refractivity contribution in [3.8, 4) is 0 Å². The molecule has 1 aromatic carbocycles. The van der Waals surface area contributed by atoms with Gasteiger partial charge in [-0.1, -0.05) is 37.3 Å². The van der Waals surface area contributed by atoms with E-state index in [4.69, 9.17) is 0 Å². The Morgan fingerprint density at radius 1 is 1.32 bits per heavy atom. The molecule has 1 saturated heterocycles. The van der Waals surface area contributed by atoms with Gasteiger partial charge in [-0.2, -0.15) is 0 Å². The van der Waals surface area contributed by atoms with Gasteiger partial charge in [0.05, 0.1) is 11.0 Å². The fraction of sp³-hybridized carbons (Fsp3) is 0.600. The van der Waals surface area contributed by atoms with Crippen molar-refractivity contribution in [2.75, 3.05) is 18.8 Å². The third-order valence-corrected chi connectivity index (χ3v) is 6.03. The topological polar surface area (TPSA) is 46.2 Å². The van der Waals surface area contributed by atoms with Gasteiger partial charge in [0.2, 0.25) is 0 Å². The van der Waals surface area contributed by atoms with E-state index < -0.39 is 9.84 Å². The SMILES string of the molecule is C[C@H](CNC[C@H]1CCCS1(=O)=O)Cc1ccccc1. The Hall–Kier alpha value is -0.870. The molecule has 2 atom stereocenters. The summed E-state index contributed by atoms with van der Waals surface area (Å²) in [5, 5.41) is 3.17. The van der Waals surface area contributed by atoms with Crippen molar-refractivity contribution in [2.24, 2.45) is 5.92 Å². The van der Waals surface area contributed by atoms with Crippen LogP contribution in [0.1, 0.15) is 25.3 Å². The molecule has 1 heterocycles. The minimum atomic E-state index is -2.81. The van der Waals surface area contributed by atoms with Crippen molar-refractivity contribution in [3.05, 3.63) is 35.9 Å². The lowest BCUT2D eigenvalue weighted by Gasteiger charge is -2.15. The zero-order valence-electron chi connectivity index (χ0n) is 11.5. The van der Waals surface area contributed by atoms with Gasteiger partial charge in [0.1, 0.15) is 0 Å². The summed E-state index contributed by atoms with van der Waals surface area (Å²) in [7, 11) is -2.81. The summed E-state index contributed by atoms with van der Waals surface area (Å²) in [5.41, 5.74) is 1.34. The van der Waals surface area contributed by atoms with E-state index in [1.807, 2.05) is 6.07 Å². The molecule has 4 heteroatoms. The molecule has 0 bridgehead atoms. The lowest BCUT2D eigenvalue weighted by molar-refractivity contribution is 0.500. The third kappa shape index (κ3) is 4.32. The first-order valence-electron chi connectivity index (χ1n) is 7.04. The first kappa shape index (κ1) is 14.5. The minimum absolute atomic E-state index is 0.156. The maximum atomic E-state index is 11.7. The number of rotatable bonds is 6. The van der Waals surface area contributed by atoms with Crippen LogP contribution in [0.15, 0.2) is 30.3 Å². The zero-order valence-corrected chi connectivity index (χ0v) is 12.3. The Labute approximate surface area is 116 Å². The summed E-state index contributed by atoms with van der Waals surface area (Å²) in [4.78, 5) is 0. The van der Waals surface area contributed by atoms with Crippen molar-refractivity contribution < 1.29 is 8.42 Å². The first-order chi connectivity index (χ1) is 9.08. The summed E-state index contributed by atoms with van der Waals surface area (Å²) >= 11 is 0. The highest BCUT2D eigenvalue weighted by molar-refractivity contribution is 7.92. The third-order valence-electron chi connectivity index (χ3n) is 3.75. The fourth-order valence-corrected chi connectivity index (χ4v) is 4.47. The predicted molar refractivity (Wildman–Crippen MR) is 79.0 cm³/mol. The lowest BCUT2D eigenvalue weighted by Crippen LogP contribution is -2.33. The Kier molecular flexibility index (Phi) is 4.99. The van der Waals surface area contributed by atoms with E-state index in [2.05, 4.69) is 36.5 Å². The molecule has 1 aromatic rings. The number of benzene rings is 1. The second-order valence-electron chi connectivity index (χ2n) is 5.58. The maximum Gasteiger partial charge on any atom is 0.154 e. The molecule has 3 nitrogen and oxygen atoms in total. The van der Waals surface area contributed by atoms with Gasteiger partial charge in [-0.05, 0) is 37.3 Å². The van der Waals surface area contributed by atoms with Crippen molar-refractivity contribution in [1.29, 1.82) is 0 Å². The van der Waals surface area contributed by atoms with Crippen molar-refractivity contribution in [1.82, 2.24) is 5.32 Å². The van der Waals surface area contributed by atoms with Crippen LogP contribution < -0.4 is 5.32 Å². The Morgan fingerprint density at radius 2 is 2.05 bits per heavy atom. The van der Waals surface area contributed by atoms with Crippen LogP contribution in [0.5, 0.6) is 0 Å². The molecule has 0 aromatic heterocycles. The van der Waals surface area contributed by atoms with Gasteiger partial charge in [-0.25, -0.2) is 8.42 Å². The van der Waals surface area contributed by atoms with Crippen LogP contribution in [-0.4, -0.2) is 32.5 Å². The molecule has 0 aliphatic carbocycles. The Balaban J connectivity index is 1.71. The normalized spacial score (nSPS) is 23.3. The van der Waals surface area contributed by atoms with Gasteiger partial charge in [0.25, 0.3) is 0 Å². The summed E-state index contributed by atoms with van der Waals surface area (Å²) in [6, 6.07) is 10.4. The van der Waals surface area contributed by atoms with Crippen LogP contribution in [0.25, 0.3) is 0 Å². The molecule has 0 radical (unpaired) electrons. The number of sulfone groups is 1. The summed E-state index contributed by atoms with van der Waals surface area (Å²) in [5.74, 6) is 0.894. The highest BCUT2D eigenvalue weighted by atomic mass is 32.2. The van der Waals surface area contributed by atoms with Crippen molar-refractivity contribution in [2.45, 2.75) is 31.4 Å². The van der Waals surface area contributed by atoms with Gasteiger partial charge in [0, 0.05) is 6.54 Å². The predicted octanol–water partition coefficient (Wildman–Crippen LogP) is 2.03.